The van der Waals surface area contributed by atoms with Crippen LogP contribution in [0.15, 0.2) is 18.2 Å². The molecule has 0 aromatic heterocycles. The Morgan fingerprint density at radius 2 is 2.06 bits per heavy atom. The second kappa shape index (κ2) is 3.87. The van der Waals surface area contributed by atoms with Crippen molar-refractivity contribution in [3.05, 3.63) is 29.3 Å². The summed E-state index contributed by atoms with van der Waals surface area (Å²) in [6.07, 6.45) is 0.768. The van der Waals surface area contributed by atoms with Crippen molar-refractivity contribution in [2.75, 3.05) is 6.61 Å². The highest BCUT2D eigenvalue weighted by Crippen LogP contribution is 2.29. The molecular formula is C13H14O4. The first-order valence-electron chi connectivity index (χ1n) is 5.47. The van der Waals surface area contributed by atoms with Crippen LogP contribution < -0.4 is 4.74 Å². The van der Waals surface area contributed by atoms with E-state index in [1.54, 1.807) is 18.2 Å². The van der Waals surface area contributed by atoms with E-state index in [1.807, 2.05) is 0 Å². The summed E-state index contributed by atoms with van der Waals surface area (Å²) in [6.45, 7) is 3.46. The Hall–Kier alpha value is -1.84. The Kier molecular flexibility index (Phi) is 2.65. The summed E-state index contributed by atoms with van der Waals surface area (Å²) < 4.78 is 5.34. The Balaban J connectivity index is 2.35. The van der Waals surface area contributed by atoms with Gasteiger partial charge in [-0.15, -0.1) is 0 Å². The van der Waals surface area contributed by atoms with Crippen LogP contribution in [0, 0.1) is 5.41 Å². The van der Waals surface area contributed by atoms with Gasteiger partial charge < -0.3 is 9.84 Å². The van der Waals surface area contributed by atoms with E-state index in [-0.39, 0.29) is 5.78 Å². The number of ketones is 1. The SMILES string of the molecule is CC(C)(C(=O)O)C(=O)c1ccc2c(c1)CCO2. The molecule has 0 saturated carbocycles. The Labute approximate surface area is 99.2 Å². The lowest BCUT2D eigenvalue weighted by atomic mass is 9.84. The second-order valence-corrected chi connectivity index (χ2v) is 4.68. The summed E-state index contributed by atoms with van der Waals surface area (Å²) in [7, 11) is 0. The number of carbonyl (C=O) groups excluding carboxylic acids is 1. The molecule has 0 spiro atoms. The maximum Gasteiger partial charge on any atom is 0.316 e. The minimum Gasteiger partial charge on any atom is -0.493 e. The van der Waals surface area contributed by atoms with Crippen molar-refractivity contribution in [3.8, 4) is 5.75 Å². The smallest absolute Gasteiger partial charge is 0.316 e. The number of carboxylic acids is 1. The summed E-state index contributed by atoms with van der Waals surface area (Å²) >= 11 is 0. The average molecular weight is 234 g/mol. The van der Waals surface area contributed by atoms with E-state index >= 15 is 0 Å². The molecule has 1 aliphatic heterocycles. The molecule has 0 fully saturated rings. The predicted molar refractivity (Wildman–Crippen MR) is 61.4 cm³/mol. The lowest BCUT2D eigenvalue weighted by Gasteiger charge is -2.17. The number of rotatable bonds is 3. The number of benzene rings is 1. The maximum absolute atomic E-state index is 12.1. The van der Waals surface area contributed by atoms with Gasteiger partial charge in [-0.1, -0.05) is 0 Å². The van der Waals surface area contributed by atoms with Crippen molar-refractivity contribution >= 4 is 11.8 Å². The molecule has 2 rings (SSSR count). The number of hydrogen-bond acceptors (Lipinski definition) is 3. The lowest BCUT2D eigenvalue weighted by Crippen LogP contribution is -2.33. The molecule has 1 aromatic rings. The zero-order valence-corrected chi connectivity index (χ0v) is 9.82. The van der Waals surface area contributed by atoms with Crippen LogP contribution in [0.5, 0.6) is 5.75 Å². The number of ether oxygens (including phenoxy) is 1. The minimum absolute atomic E-state index is 0.375. The molecule has 0 amide bonds. The third kappa shape index (κ3) is 1.90. The third-order valence-corrected chi connectivity index (χ3v) is 3.05. The highest BCUT2D eigenvalue weighted by molar-refractivity contribution is 6.11. The van der Waals surface area contributed by atoms with Gasteiger partial charge in [-0.25, -0.2) is 0 Å². The van der Waals surface area contributed by atoms with E-state index in [0.717, 1.165) is 17.7 Å². The van der Waals surface area contributed by atoms with Crippen molar-refractivity contribution in [2.24, 2.45) is 5.41 Å². The zero-order chi connectivity index (χ0) is 12.6. The van der Waals surface area contributed by atoms with Crippen LogP contribution in [0.1, 0.15) is 29.8 Å². The summed E-state index contributed by atoms with van der Waals surface area (Å²) in [5.74, 6) is -0.700. The number of aliphatic carboxylic acids is 1. The zero-order valence-electron chi connectivity index (χ0n) is 9.82. The average Bonchev–Trinajstić information content (AvgIpc) is 2.74. The van der Waals surface area contributed by atoms with E-state index in [9.17, 15) is 9.59 Å². The number of fused-ring (bicyclic) bond motifs is 1. The lowest BCUT2D eigenvalue weighted by molar-refractivity contribution is -0.144. The van der Waals surface area contributed by atoms with E-state index < -0.39 is 11.4 Å². The first kappa shape index (κ1) is 11.6. The summed E-state index contributed by atoms with van der Waals surface area (Å²) in [5, 5.41) is 9.02. The van der Waals surface area contributed by atoms with Crippen LogP contribution in [0.2, 0.25) is 0 Å². The molecule has 0 bridgehead atoms. The van der Waals surface area contributed by atoms with Gasteiger partial charge in [0.15, 0.2) is 5.78 Å². The van der Waals surface area contributed by atoms with Crippen LogP contribution in [-0.2, 0) is 11.2 Å². The van der Waals surface area contributed by atoms with Crippen molar-refractivity contribution in [1.29, 1.82) is 0 Å². The summed E-state index contributed by atoms with van der Waals surface area (Å²) in [6, 6.07) is 5.08. The van der Waals surface area contributed by atoms with Crippen molar-refractivity contribution < 1.29 is 19.4 Å². The van der Waals surface area contributed by atoms with Crippen molar-refractivity contribution in [3.63, 3.8) is 0 Å². The molecule has 0 aliphatic carbocycles. The van der Waals surface area contributed by atoms with E-state index in [4.69, 9.17) is 9.84 Å². The fourth-order valence-corrected chi connectivity index (χ4v) is 1.79. The third-order valence-electron chi connectivity index (χ3n) is 3.05. The minimum atomic E-state index is -1.40. The van der Waals surface area contributed by atoms with Crippen LogP contribution in [-0.4, -0.2) is 23.5 Å². The number of hydrogen-bond donors (Lipinski definition) is 1. The molecular weight excluding hydrogens is 220 g/mol. The Morgan fingerprint density at radius 3 is 2.71 bits per heavy atom. The van der Waals surface area contributed by atoms with Crippen molar-refractivity contribution in [2.45, 2.75) is 20.3 Å². The van der Waals surface area contributed by atoms with Crippen LogP contribution in [0.3, 0.4) is 0 Å². The molecule has 17 heavy (non-hydrogen) atoms. The Bertz CT molecular complexity index is 488. The Morgan fingerprint density at radius 1 is 1.35 bits per heavy atom. The maximum atomic E-state index is 12.1. The van der Waals surface area contributed by atoms with Crippen LogP contribution in [0.25, 0.3) is 0 Å². The molecule has 0 radical (unpaired) electrons. The normalized spacial score (nSPS) is 14.0. The van der Waals surface area contributed by atoms with Gasteiger partial charge in [0, 0.05) is 12.0 Å². The largest absolute Gasteiger partial charge is 0.493 e. The second-order valence-electron chi connectivity index (χ2n) is 4.68. The van der Waals surface area contributed by atoms with E-state index in [2.05, 4.69) is 0 Å². The molecule has 0 saturated heterocycles. The highest BCUT2D eigenvalue weighted by Gasteiger charge is 2.36. The van der Waals surface area contributed by atoms with Gasteiger partial charge in [-0.05, 0) is 37.6 Å². The molecule has 1 heterocycles. The summed E-state index contributed by atoms with van der Waals surface area (Å²) in [5.41, 5.74) is 0.00642. The van der Waals surface area contributed by atoms with Crippen LogP contribution in [0.4, 0.5) is 0 Å². The molecule has 1 N–H and O–H groups in total. The van der Waals surface area contributed by atoms with Gasteiger partial charge in [-0.3, -0.25) is 9.59 Å². The summed E-state index contributed by atoms with van der Waals surface area (Å²) in [4.78, 5) is 23.1. The fraction of sp³-hybridized carbons (Fsp3) is 0.385. The topological polar surface area (TPSA) is 63.6 Å². The highest BCUT2D eigenvalue weighted by atomic mass is 16.5. The van der Waals surface area contributed by atoms with Crippen molar-refractivity contribution in [1.82, 2.24) is 0 Å². The number of carboxylic acid groups (broad SMARTS) is 1. The van der Waals surface area contributed by atoms with E-state index in [0.29, 0.717) is 12.2 Å². The molecule has 1 aromatic carbocycles. The number of Topliss-reactive ketones (excluding diaryl/α,β-unsaturated/α-hetero) is 1. The predicted octanol–water partition coefficient (Wildman–Crippen LogP) is 1.92. The number of carbonyl (C=O) groups is 2. The van der Waals surface area contributed by atoms with Gasteiger partial charge in [0.25, 0.3) is 0 Å². The van der Waals surface area contributed by atoms with Gasteiger partial charge >= 0.3 is 5.97 Å². The van der Waals surface area contributed by atoms with Crippen LogP contribution >= 0.6 is 0 Å². The molecule has 0 atom stereocenters. The molecule has 1 aliphatic rings. The standard InChI is InChI=1S/C13H14O4/c1-13(2,12(15)16)11(14)9-3-4-10-8(7-9)5-6-17-10/h3-4,7H,5-6H2,1-2H3,(H,15,16). The van der Waals surface area contributed by atoms with Gasteiger partial charge in [0.05, 0.1) is 6.61 Å². The van der Waals surface area contributed by atoms with E-state index in [1.165, 1.54) is 13.8 Å². The van der Waals surface area contributed by atoms with Gasteiger partial charge in [-0.2, -0.15) is 0 Å². The molecule has 90 valence electrons. The monoisotopic (exact) mass is 234 g/mol. The molecule has 4 nitrogen and oxygen atoms in total. The molecule has 0 unspecified atom stereocenters. The first-order chi connectivity index (χ1) is 7.93. The van der Waals surface area contributed by atoms with Gasteiger partial charge in [0.2, 0.25) is 0 Å². The van der Waals surface area contributed by atoms with Gasteiger partial charge in [0.1, 0.15) is 11.2 Å². The molecule has 4 heteroatoms. The first-order valence-corrected chi connectivity index (χ1v) is 5.47. The fourth-order valence-electron chi connectivity index (χ4n) is 1.79. The quantitative estimate of drug-likeness (QED) is 0.641.